The van der Waals surface area contributed by atoms with Crippen molar-refractivity contribution < 1.29 is 4.79 Å². The summed E-state index contributed by atoms with van der Waals surface area (Å²) < 4.78 is 2.54. The fraction of sp³-hybridized carbons (Fsp3) is 0.143. The average molecular weight is 423 g/mol. The Kier molecular flexibility index (Phi) is 5.76. The SMILES string of the molecule is CC.CC(=O)c1cccc(-c2ccc3cnn(-c4cccc(Br)n4)c3c2)n1. The van der Waals surface area contributed by atoms with Crippen molar-refractivity contribution in [3.8, 4) is 17.1 Å². The van der Waals surface area contributed by atoms with Crippen molar-refractivity contribution in [2.75, 3.05) is 0 Å². The molecule has 4 rings (SSSR count). The molecule has 0 fully saturated rings. The minimum atomic E-state index is -0.0497. The first-order valence-corrected chi connectivity index (χ1v) is 9.50. The number of hydrogen-bond acceptors (Lipinski definition) is 4. The van der Waals surface area contributed by atoms with E-state index in [4.69, 9.17) is 0 Å². The summed E-state index contributed by atoms with van der Waals surface area (Å²) in [4.78, 5) is 20.5. The highest BCUT2D eigenvalue weighted by atomic mass is 79.9. The first kappa shape index (κ1) is 18.9. The van der Waals surface area contributed by atoms with E-state index in [9.17, 15) is 4.79 Å². The molecule has 1 aromatic carbocycles. The summed E-state index contributed by atoms with van der Waals surface area (Å²) in [6, 6.07) is 17.1. The number of fused-ring (bicyclic) bond motifs is 1. The highest BCUT2D eigenvalue weighted by Crippen LogP contribution is 2.25. The van der Waals surface area contributed by atoms with Gasteiger partial charge in [0.05, 0.1) is 17.4 Å². The Hall–Kier alpha value is -2.86. The van der Waals surface area contributed by atoms with Crippen LogP contribution >= 0.6 is 15.9 Å². The molecule has 0 aliphatic carbocycles. The summed E-state index contributed by atoms with van der Waals surface area (Å²) >= 11 is 3.39. The molecule has 5 nitrogen and oxygen atoms in total. The second-order valence-corrected chi connectivity index (χ2v) is 6.43. The Balaban J connectivity index is 0.00000102. The van der Waals surface area contributed by atoms with E-state index in [1.165, 1.54) is 6.92 Å². The third kappa shape index (κ3) is 3.95. The zero-order valence-electron chi connectivity index (χ0n) is 15.3. The van der Waals surface area contributed by atoms with E-state index < -0.39 is 0 Å². The third-order valence-electron chi connectivity index (χ3n) is 3.89. The van der Waals surface area contributed by atoms with Gasteiger partial charge >= 0.3 is 0 Å². The molecule has 6 heteroatoms. The van der Waals surface area contributed by atoms with Crippen LogP contribution in [0.4, 0.5) is 0 Å². The van der Waals surface area contributed by atoms with Gasteiger partial charge in [0, 0.05) is 17.9 Å². The van der Waals surface area contributed by atoms with Gasteiger partial charge in [-0.25, -0.2) is 14.6 Å². The largest absolute Gasteiger partial charge is 0.293 e. The van der Waals surface area contributed by atoms with E-state index in [1.54, 1.807) is 16.9 Å². The van der Waals surface area contributed by atoms with Crippen LogP contribution in [0.15, 0.2) is 65.4 Å². The van der Waals surface area contributed by atoms with Crippen LogP contribution in [0, 0.1) is 0 Å². The quantitative estimate of drug-likeness (QED) is 0.324. The van der Waals surface area contributed by atoms with Crippen molar-refractivity contribution in [3.63, 3.8) is 0 Å². The molecule has 3 heterocycles. The zero-order valence-corrected chi connectivity index (χ0v) is 16.9. The normalized spacial score (nSPS) is 10.4. The van der Waals surface area contributed by atoms with Crippen LogP contribution in [0.5, 0.6) is 0 Å². The first-order chi connectivity index (χ1) is 13.1. The van der Waals surface area contributed by atoms with Gasteiger partial charge in [0.2, 0.25) is 0 Å². The van der Waals surface area contributed by atoms with Gasteiger partial charge in [0.25, 0.3) is 0 Å². The first-order valence-electron chi connectivity index (χ1n) is 8.71. The van der Waals surface area contributed by atoms with Crippen LogP contribution in [0.3, 0.4) is 0 Å². The van der Waals surface area contributed by atoms with Crippen molar-refractivity contribution in [1.82, 2.24) is 19.7 Å². The van der Waals surface area contributed by atoms with Gasteiger partial charge in [-0.1, -0.05) is 38.1 Å². The van der Waals surface area contributed by atoms with Crippen molar-refractivity contribution in [2.24, 2.45) is 0 Å². The number of halogens is 1. The summed E-state index contributed by atoms with van der Waals surface area (Å²) in [5.41, 5.74) is 3.06. The second kappa shape index (κ2) is 8.22. The van der Waals surface area contributed by atoms with Gasteiger partial charge in [0.1, 0.15) is 10.3 Å². The van der Waals surface area contributed by atoms with Gasteiger partial charge in [-0.2, -0.15) is 5.10 Å². The minimum Gasteiger partial charge on any atom is -0.293 e. The predicted octanol–water partition coefficient (Wildman–Crippen LogP) is 5.47. The molecule has 4 aromatic rings. The molecule has 136 valence electrons. The Morgan fingerprint density at radius 2 is 1.78 bits per heavy atom. The molecular formula is C21H19BrN4O. The summed E-state index contributed by atoms with van der Waals surface area (Å²) in [6.45, 7) is 5.52. The van der Waals surface area contributed by atoms with Gasteiger partial charge in [-0.15, -0.1) is 0 Å². The number of carbonyl (C=O) groups is 1. The van der Waals surface area contributed by atoms with Gasteiger partial charge in [-0.05, 0) is 46.3 Å². The van der Waals surface area contributed by atoms with Crippen LogP contribution in [-0.2, 0) is 0 Å². The van der Waals surface area contributed by atoms with Crippen LogP contribution in [0.2, 0.25) is 0 Å². The van der Waals surface area contributed by atoms with E-state index in [2.05, 4.69) is 31.0 Å². The zero-order chi connectivity index (χ0) is 19.4. The Bertz CT molecular complexity index is 1100. The number of hydrogen-bond donors (Lipinski definition) is 0. The topological polar surface area (TPSA) is 60.7 Å². The molecule has 3 aromatic heterocycles. The molecule has 0 aliphatic heterocycles. The lowest BCUT2D eigenvalue weighted by Crippen LogP contribution is -2.00. The Morgan fingerprint density at radius 1 is 1.00 bits per heavy atom. The molecule has 0 spiro atoms. The molecule has 0 unspecified atom stereocenters. The number of aromatic nitrogens is 4. The van der Waals surface area contributed by atoms with Gasteiger partial charge in [0.15, 0.2) is 11.6 Å². The lowest BCUT2D eigenvalue weighted by molar-refractivity contribution is 0.101. The molecule has 0 aliphatic rings. The monoisotopic (exact) mass is 422 g/mol. The van der Waals surface area contributed by atoms with E-state index >= 15 is 0 Å². The molecule has 0 radical (unpaired) electrons. The van der Waals surface area contributed by atoms with E-state index in [1.807, 2.05) is 62.4 Å². The van der Waals surface area contributed by atoms with Gasteiger partial charge < -0.3 is 0 Å². The summed E-state index contributed by atoms with van der Waals surface area (Å²) in [6.07, 6.45) is 1.81. The number of pyridine rings is 2. The highest BCUT2D eigenvalue weighted by Gasteiger charge is 2.10. The number of nitrogens with zero attached hydrogens (tertiary/aromatic N) is 4. The number of ketones is 1. The molecule has 27 heavy (non-hydrogen) atoms. The number of carbonyl (C=O) groups excluding carboxylic acids is 1. The average Bonchev–Trinajstić information content (AvgIpc) is 3.13. The van der Waals surface area contributed by atoms with Crippen molar-refractivity contribution >= 4 is 32.6 Å². The summed E-state index contributed by atoms with van der Waals surface area (Å²) in [7, 11) is 0. The van der Waals surface area contributed by atoms with E-state index in [0.29, 0.717) is 5.69 Å². The lowest BCUT2D eigenvalue weighted by Gasteiger charge is -2.06. The van der Waals surface area contributed by atoms with Crippen molar-refractivity contribution in [1.29, 1.82) is 0 Å². The van der Waals surface area contributed by atoms with E-state index in [0.717, 1.165) is 32.6 Å². The maximum Gasteiger partial charge on any atom is 0.178 e. The van der Waals surface area contributed by atoms with Gasteiger partial charge in [-0.3, -0.25) is 4.79 Å². The van der Waals surface area contributed by atoms with Crippen LogP contribution in [-0.4, -0.2) is 25.5 Å². The lowest BCUT2D eigenvalue weighted by atomic mass is 10.1. The fourth-order valence-corrected chi connectivity index (χ4v) is 3.00. The summed E-state index contributed by atoms with van der Waals surface area (Å²) in [5.74, 6) is 0.679. The van der Waals surface area contributed by atoms with E-state index in [-0.39, 0.29) is 5.78 Å². The molecule has 0 N–H and O–H groups in total. The molecule has 0 atom stereocenters. The second-order valence-electron chi connectivity index (χ2n) is 5.61. The molecular weight excluding hydrogens is 404 g/mol. The van der Waals surface area contributed by atoms with Crippen molar-refractivity contribution in [3.05, 3.63) is 71.1 Å². The highest BCUT2D eigenvalue weighted by molar-refractivity contribution is 9.10. The third-order valence-corrected chi connectivity index (χ3v) is 4.34. The van der Waals surface area contributed by atoms with Crippen LogP contribution in [0.1, 0.15) is 31.3 Å². The number of benzene rings is 1. The Morgan fingerprint density at radius 3 is 2.52 bits per heavy atom. The van der Waals surface area contributed by atoms with Crippen LogP contribution in [0.25, 0.3) is 28.0 Å². The maximum absolute atomic E-state index is 11.6. The molecule has 0 bridgehead atoms. The minimum absolute atomic E-state index is 0.0497. The number of rotatable bonds is 3. The molecule has 0 saturated carbocycles. The van der Waals surface area contributed by atoms with Crippen molar-refractivity contribution in [2.45, 2.75) is 20.8 Å². The predicted molar refractivity (Wildman–Crippen MR) is 111 cm³/mol. The molecule has 0 saturated heterocycles. The standard InChI is InChI=1S/C19H13BrN4O.C2H6/c1-12(25)15-4-2-5-16(22-15)13-8-9-14-11-21-24(17(14)10-13)19-7-3-6-18(20)23-19;1-2/h2-11H,1H3;1-2H3. The van der Waals surface area contributed by atoms with Crippen LogP contribution < -0.4 is 0 Å². The maximum atomic E-state index is 11.6. The number of Topliss-reactive ketones (excluding diaryl/α,β-unsaturated/α-hetero) is 1. The molecule has 0 amide bonds. The fourth-order valence-electron chi connectivity index (χ4n) is 2.67. The summed E-state index contributed by atoms with van der Waals surface area (Å²) in [5, 5.41) is 5.45. The Labute approximate surface area is 166 Å². The smallest absolute Gasteiger partial charge is 0.178 e.